The van der Waals surface area contributed by atoms with Gasteiger partial charge >= 0.3 is 0 Å². The predicted molar refractivity (Wildman–Crippen MR) is 71.3 cm³/mol. The molecule has 0 fully saturated rings. The molecule has 1 atom stereocenters. The second-order valence-electron chi connectivity index (χ2n) is 4.10. The van der Waals surface area contributed by atoms with Crippen LogP contribution in [-0.2, 0) is 0 Å². The van der Waals surface area contributed by atoms with Crippen LogP contribution < -0.4 is 10.6 Å². The maximum absolute atomic E-state index is 5.96. The third kappa shape index (κ3) is 2.45. The van der Waals surface area contributed by atoms with E-state index in [1.807, 2.05) is 44.3 Å². The maximum Gasteiger partial charge on any atom is 0.137 e. The third-order valence-electron chi connectivity index (χ3n) is 2.77. The Bertz CT molecular complexity index is 480. The molecule has 2 rings (SSSR count). The van der Waals surface area contributed by atoms with Crippen molar-refractivity contribution >= 4 is 11.5 Å². The Kier molecular flexibility index (Phi) is 3.40. The Balaban J connectivity index is 2.41. The summed E-state index contributed by atoms with van der Waals surface area (Å²) in [5.41, 5.74) is 8.12. The molecule has 0 unspecified atom stereocenters. The van der Waals surface area contributed by atoms with Crippen LogP contribution in [0.2, 0.25) is 0 Å². The van der Waals surface area contributed by atoms with Crippen molar-refractivity contribution in [3.8, 4) is 0 Å². The molecule has 2 aromatic rings. The van der Waals surface area contributed by atoms with Gasteiger partial charge in [0.15, 0.2) is 0 Å². The van der Waals surface area contributed by atoms with E-state index in [2.05, 4.69) is 22.0 Å². The minimum Gasteiger partial charge on any atom is -0.329 e. The van der Waals surface area contributed by atoms with Gasteiger partial charge in [0.05, 0.1) is 0 Å². The van der Waals surface area contributed by atoms with Crippen molar-refractivity contribution in [1.29, 1.82) is 0 Å². The van der Waals surface area contributed by atoms with Gasteiger partial charge in [-0.2, -0.15) is 0 Å². The largest absolute Gasteiger partial charge is 0.329 e. The summed E-state index contributed by atoms with van der Waals surface area (Å²) < 4.78 is 0. The first-order valence-electron chi connectivity index (χ1n) is 5.69. The minimum absolute atomic E-state index is 0.0233. The summed E-state index contributed by atoms with van der Waals surface area (Å²) in [5, 5.41) is 0. The fourth-order valence-electron chi connectivity index (χ4n) is 1.82. The molecule has 0 aliphatic heterocycles. The molecule has 0 radical (unpaired) electrons. The van der Waals surface area contributed by atoms with Crippen LogP contribution in [0.25, 0.3) is 0 Å². The average Bonchev–Trinajstić information content (AvgIpc) is 2.39. The first kappa shape index (κ1) is 11.6. The Morgan fingerprint density at radius 3 is 2.47 bits per heavy atom. The van der Waals surface area contributed by atoms with Crippen LogP contribution in [-0.4, -0.2) is 12.0 Å². The third-order valence-corrected chi connectivity index (χ3v) is 2.77. The summed E-state index contributed by atoms with van der Waals surface area (Å²) in [5.74, 6) is 0.911. The molecule has 3 nitrogen and oxygen atoms in total. The highest BCUT2D eigenvalue weighted by Gasteiger charge is 2.12. The number of anilines is 2. The van der Waals surface area contributed by atoms with Crippen molar-refractivity contribution < 1.29 is 0 Å². The smallest absolute Gasteiger partial charge is 0.137 e. The molecular weight excluding hydrogens is 210 g/mol. The van der Waals surface area contributed by atoms with Crippen LogP contribution in [0.5, 0.6) is 0 Å². The van der Waals surface area contributed by atoms with E-state index in [1.54, 1.807) is 6.20 Å². The lowest BCUT2D eigenvalue weighted by atomic mass is 10.1. The van der Waals surface area contributed by atoms with E-state index in [1.165, 1.54) is 0 Å². The van der Waals surface area contributed by atoms with Crippen molar-refractivity contribution in [1.82, 2.24) is 4.98 Å². The molecule has 0 aliphatic rings. The number of nitrogens with two attached hydrogens (primary N) is 1. The number of aromatic nitrogens is 1. The summed E-state index contributed by atoms with van der Waals surface area (Å²) in [6, 6.07) is 14.1. The van der Waals surface area contributed by atoms with Gasteiger partial charge in [-0.15, -0.1) is 0 Å². The normalized spacial score (nSPS) is 12.2. The summed E-state index contributed by atoms with van der Waals surface area (Å²) in [4.78, 5) is 6.48. The van der Waals surface area contributed by atoms with E-state index in [0.717, 1.165) is 17.1 Å². The lowest BCUT2D eigenvalue weighted by molar-refractivity contribution is 0.808. The highest BCUT2D eigenvalue weighted by Crippen LogP contribution is 2.27. The van der Waals surface area contributed by atoms with E-state index < -0.39 is 0 Å². The molecule has 0 aliphatic carbocycles. The maximum atomic E-state index is 5.96. The number of nitrogens with zero attached hydrogens (tertiary/aromatic N) is 2. The molecular formula is C14H17N3. The van der Waals surface area contributed by atoms with Crippen LogP contribution in [0.15, 0.2) is 48.7 Å². The molecule has 1 heterocycles. The van der Waals surface area contributed by atoms with E-state index in [-0.39, 0.29) is 6.04 Å². The number of para-hydroxylation sites is 1. The van der Waals surface area contributed by atoms with Crippen molar-refractivity contribution in [3.05, 3.63) is 54.2 Å². The standard InChI is InChI=1S/C14H17N3/c1-11(15)13-9-6-10-16-14(13)17(2)12-7-4-3-5-8-12/h3-11H,15H2,1-2H3/t11-/m0/s1. The summed E-state index contributed by atoms with van der Waals surface area (Å²) in [6.07, 6.45) is 1.79. The summed E-state index contributed by atoms with van der Waals surface area (Å²) in [6.45, 7) is 1.97. The molecule has 3 heteroatoms. The Labute approximate surface area is 102 Å². The zero-order valence-corrected chi connectivity index (χ0v) is 10.2. The predicted octanol–water partition coefficient (Wildman–Crippen LogP) is 2.87. The first-order chi connectivity index (χ1) is 8.20. The molecule has 0 saturated heterocycles. The van der Waals surface area contributed by atoms with Gasteiger partial charge < -0.3 is 10.6 Å². The molecule has 0 amide bonds. The molecule has 0 saturated carbocycles. The van der Waals surface area contributed by atoms with Crippen molar-refractivity contribution in [2.75, 3.05) is 11.9 Å². The van der Waals surface area contributed by atoms with Crippen molar-refractivity contribution in [2.24, 2.45) is 5.73 Å². The van der Waals surface area contributed by atoms with E-state index in [9.17, 15) is 0 Å². The first-order valence-corrected chi connectivity index (χ1v) is 5.69. The van der Waals surface area contributed by atoms with Crippen LogP contribution in [0.1, 0.15) is 18.5 Å². The van der Waals surface area contributed by atoms with Gasteiger partial charge in [-0.05, 0) is 25.1 Å². The Morgan fingerprint density at radius 1 is 1.12 bits per heavy atom. The van der Waals surface area contributed by atoms with Crippen LogP contribution in [0.4, 0.5) is 11.5 Å². The van der Waals surface area contributed by atoms with Crippen molar-refractivity contribution in [3.63, 3.8) is 0 Å². The number of hydrogen-bond donors (Lipinski definition) is 1. The van der Waals surface area contributed by atoms with E-state index in [0.29, 0.717) is 0 Å². The van der Waals surface area contributed by atoms with Gasteiger partial charge in [-0.25, -0.2) is 4.98 Å². The number of benzene rings is 1. The molecule has 0 spiro atoms. The second kappa shape index (κ2) is 4.97. The second-order valence-corrected chi connectivity index (χ2v) is 4.10. The minimum atomic E-state index is -0.0233. The molecule has 17 heavy (non-hydrogen) atoms. The molecule has 1 aromatic carbocycles. The van der Waals surface area contributed by atoms with Gasteiger partial charge in [0, 0.05) is 30.5 Å². The lowest BCUT2D eigenvalue weighted by Crippen LogP contribution is -2.16. The summed E-state index contributed by atoms with van der Waals surface area (Å²) in [7, 11) is 2.00. The number of pyridine rings is 1. The Morgan fingerprint density at radius 2 is 1.82 bits per heavy atom. The van der Waals surface area contributed by atoms with Gasteiger partial charge in [0.1, 0.15) is 5.82 Å². The zero-order chi connectivity index (χ0) is 12.3. The summed E-state index contributed by atoms with van der Waals surface area (Å²) >= 11 is 0. The number of hydrogen-bond acceptors (Lipinski definition) is 3. The van der Waals surface area contributed by atoms with Gasteiger partial charge in [0.2, 0.25) is 0 Å². The van der Waals surface area contributed by atoms with Gasteiger partial charge in [-0.1, -0.05) is 24.3 Å². The van der Waals surface area contributed by atoms with Gasteiger partial charge in [0.25, 0.3) is 0 Å². The van der Waals surface area contributed by atoms with Crippen LogP contribution >= 0.6 is 0 Å². The van der Waals surface area contributed by atoms with E-state index >= 15 is 0 Å². The highest BCUT2D eigenvalue weighted by atomic mass is 15.2. The highest BCUT2D eigenvalue weighted by molar-refractivity contribution is 5.62. The molecule has 1 aromatic heterocycles. The van der Waals surface area contributed by atoms with Gasteiger partial charge in [-0.3, -0.25) is 0 Å². The molecule has 2 N–H and O–H groups in total. The SMILES string of the molecule is C[C@H](N)c1cccnc1N(C)c1ccccc1. The average molecular weight is 227 g/mol. The topological polar surface area (TPSA) is 42.1 Å². The fourth-order valence-corrected chi connectivity index (χ4v) is 1.82. The van der Waals surface area contributed by atoms with Crippen LogP contribution in [0, 0.1) is 0 Å². The monoisotopic (exact) mass is 227 g/mol. The van der Waals surface area contributed by atoms with Crippen molar-refractivity contribution in [2.45, 2.75) is 13.0 Å². The zero-order valence-electron chi connectivity index (χ0n) is 10.2. The van der Waals surface area contributed by atoms with Crippen LogP contribution in [0.3, 0.4) is 0 Å². The quantitative estimate of drug-likeness (QED) is 0.876. The molecule has 88 valence electrons. The lowest BCUT2D eigenvalue weighted by Gasteiger charge is -2.22. The number of rotatable bonds is 3. The fraction of sp³-hybridized carbons (Fsp3) is 0.214. The molecule has 0 bridgehead atoms. The van der Waals surface area contributed by atoms with E-state index in [4.69, 9.17) is 5.73 Å². The Hall–Kier alpha value is -1.87.